The number of hydrogen-bond donors (Lipinski definition) is 1. The maximum atomic E-state index is 12.7. The number of aromatic nitrogens is 1. The number of nitrogens with zero attached hydrogens (tertiary/aromatic N) is 2. The third-order valence-corrected chi connectivity index (χ3v) is 4.19. The van der Waals surface area contributed by atoms with Gasteiger partial charge in [0.25, 0.3) is 5.91 Å². The van der Waals surface area contributed by atoms with Gasteiger partial charge in [-0.05, 0) is 49.7 Å². The molecular formula is C21H19N3O. The summed E-state index contributed by atoms with van der Waals surface area (Å²) in [5.41, 5.74) is 5.26. The van der Waals surface area contributed by atoms with Crippen LogP contribution in [0.1, 0.15) is 27.3 Å². The van der Waals surface area contributed by atoms with Crippen molar-refractivity contribution in [2.75, 3.05) is 5.32 Å². The standard InChI is InChI=1S/C21H19N3O/c1-15-14-20(16(2)24(15)19-6-4-3-5-7-19)21(25)23-18-10-8-17(9-11-18)12-13-22/h3-11,14H,12H2,1-2H3,(H,23,25). The summed E-state index contributed by atoms with van der Waals surface area (Å²) in [6.45, 7) is 3.94. The summed E-state index contributed by atoms with van der Waals surface area (Å²) >= 11 is 0. The predicted molar refractivity (Wildman–Crippen MR) is 99.0 cm³/mol. The number of benzene rings is 2. The molecule has 0 saturated heterocycles. The van der Waals surface area contributed by atoms with E-state index in [1.807, 2.05) is 74.5 Å². The molecule has 4 nitrogen and oxygen atoms in total. The quantitative estimate of drug-likeness (QED) is 0.770. The van der Waals surface area contributed by atoms with Gasteiger partial charge in [-0.25, -0.2) is 0 Å². The van der Waals surface area contributed by atoms with Gasteiger partial charge in [0.2, 0.25) is 0 Å². The van der Waals surface area contributed by atoms with E-state index in [1.165, 1.54) is 0 Å². The van der Waals surface area contributed by atoms with Crippen molar-refractivity contribution in [3.63, 3.8) is 0 Å². The van der Waals surface area contributed by atoms with Crippen molar-refractivity contribution in [3.05, 3.63) is 83.2 Å². The Morgan fingerprint density at radius 1 is 1.08 bits per heavy atom. The summed E-state index contributed by atoms with van der Waals surface area (Å²) in [5, 5.41) is 11.6. The van der Waals surface area contributed by atoms with Crippen molar-refractivity contribution in [1.82, 2.24) is 4.57 Å². The molecule has 1 N–H and O–H groups in total. The van der Waals surface area contributed by atoms with Crippen LogP contribution in [0.2, 0.25) is 0 Å². The number of carbonyl (C=O) groups is 1. The molecule has 0 saturated carbocycles. The minimum absolute atomic E-state index is 0.136. The molecule has 0 atom stereocenters. The summed E-state index contributed by atoms with van der Waals surface area (Å²) in [6, 6.07) is 21.3. The van der Waals surface area contributed by atoms with Crippen LogP contribution in [0.15, 0.2) is 60.7 Å². The van der Waals surface area contributed by atoms with Gasteiger partial charge in [0, 0.05) is 22.8 Å². The Balaban J connectivity index is 1.85. The highest BCUT2D eigenvalue weighted by atomic mass is 16.1. The fourth-order valence-corrected chi connectivity index (χ4v) is 2.96. The normalized spacial score (nSPS) is 10.3. The van der Waals surface area contributed by atoms with Crippen molar-refractivity contribution in [1.29, 1.82) is 5.26 Å². The first kappa shape index (κ1) is 16.5. The molecule has 2 aromatic carbocycles. The number of amides is 1. The number of aryl methyl sites for hydroxylation is 1. The van der Waals surface area contributed by atoms with E-state index < -0.39 is 0 Å². The van der Waals surface area contributed by atoms with Crippen LogP contribution in [0, 0.1) is 25.2 Å². The second-order valence-corrected chi connectivity index (χ2v) is 5.94. The molecule has 1 aromatic heterocycles. The molecule has 0 fully saturated rings. The first-order valence-electron chi connectivity index (χ1n) is 8.12. The van der Waals surface area contributed by atoms with E-state index in [0.717, 1.165) is 28.3 Å². The van der Waals surface area contributed by atoms with Gasteiger partial charge in [-0.15, -0.1) is 0 Å². The van der Waals surface area contributed by atoms with Crippen molar-refractivity contribution >= 4 is 11.6 Å². The zero-order chi connectivity index (χ0) is 17.8. The van der Waals surface area contributed by atoms with Gasteiger partial charge < -0.3 is 9.88 Å². The molecule has 0 aliphatic rings. The number of para-hydroxylation sites is 1. The third kappa shape index (κ3) is 3.46. The maximum Gasteiger partial charge on any atom is 0.257 e. The smallest absolute Gasteiger partial charge is 0.257 e. The summed E-state index contributed by atoms with van der Waals surface area (Å²) in [4.78, 5) is 12.7. The summed E-state index contributed by atoms with van der Waals surface area (Å²) < 4.78 is 2.07. The Bertz CT molecular complexity index is 932. The summed E-state index contributed by atoms with van der Waals surface area (Å²) in [5.74, 6) is -0.136. The van der Waals surface area contributed by atoms with E-state index in [4.69, 9.17) is 5.26 Å². The monoisotopic (exact) mass is 329 g/mol. The molecule has 0 unspecified atom stereocenters. The Kier molecular flexibility index (Phi) is 4.67. The average Bonchev–Trinajstić information content (AvgIpc) is 2.92. The highest BCUT2D eigenvalue weighted by Crippen LogP contribution is 2.22. The fraction of sp³-hybridized carbons (Fsp3) is 0.143. The molecule has 0 spiro atoms. The second kappa shape index (κ2) is 7.06. The molecule has 0 bridgehead atoms. The van der Waals surface area contributed by atoms with Crippen LogP contribution in [0.25, 0.3) is 5.69 Å². The van der Waals surface area contributed by atoms with Crippen LogP contribution in [-0.4, -0.2) is 10.5 Å². The Labute approximate surface area is 147 Å². The Hall–Kier alpha value is -3.32. The number of nitrogens with one attached hydrogen (secondary N) is 1. The first-order valence-corrected chi connectivity index (χ1v) is 8.12. The number of hydrogen-bond acceptors (Lipinski definition) is 2. The van der Waals surface area contributed by atoms with E-state index in [9.17, 15) is 4.79 Å². The predicted octanol–water partition coefficient (Wildman–Crippen LogP) is 4.41. The molecule has 1 amide bonds. The van der Waals surface area contributed by atoms with Crippen molar-refractivity contribution in [3.8, 4) is 11.8 Å². The van der Waals surface area contributed by atoms with Crippen LogP contribution in [-0.2, 0) is 6.42 Å². The summed E-state index contributed by atoms with van der Waals surface area (Å²) in [7, 11) is 0. The van der Waals surface area contributed by atoms with E-state index >= 15 is 0 Å². The molecule has 3 rings (SSSR count). The topological polar surface area (TPSA) is 57.8 Å². The maximum absolute atomic E-state index is 12.7. The van der Waals surface area contributed by atoms with Crippen LogP contribution in [0.4, 0.5) is 5.69 Å². The SMILES string of the molecule is Cc1cc(C(=O)Nc2ccc(CC#N)cc2)c(C)n1-c1ccccc1. The number of carbonyl (C=O) groups excluding carboxylic acids is 1. The van der Waals surface area contributed by atoms with Gasteiger partial charge in [-0.1, -0.05) is 30.3 Å². The zero-order valence-electron chi connectivity index (χ0n) is 14.3. The van der Waals surface area contributed by atoms with Gasteiger partial charge in [0.15, 0.2) is 0 Å². The first-order chi connectivity index (χ1) is 12.1. The van der Waals surface area contributed by atoms with Crippen molar-refractivity contribution < 1.29 is 4.79 Å². The van der Waals surface area contributed by atoms with Gasteiger partial charge in [0.1, 0.15) is 0 Å². The lowest BCUT2D eigenvalue weighted by Gasteiger charge is -2.10. The van der Waals surface area contributed by atoms with Crippen LogP contribution < -0.4 is 5.32 Å². The van der Waals surface area contributed by atoms with Crippen molar-refractivity contribution in [2.24, 2.45) is 0 Å². The average molecular weight is 329 g/mol. The third-order valence-electron chi connectivity index (χ3n) is 4.19. The van der Waals surface area contributed by atoms with Crippen LogP contribution in [0.5, 0.6) is 0 Å². The lowest BCUT2D eigenvalue weighted by atomic mass is 10.1. The van der Waals surface area contributed by atoms with Gasteiger partial charge >= 0.3 is 0 Å². The number of rotatable bonds is 4. The Morgan fingerprint density at radius 3 is 2.40 bits per heavy atom. The Morgan fingerprint density at radius 2 is 1.76 bits per heavy atom. The lowest BCUT2D eigenvalue weighted by molar-refractivity contribution is 0.102. The largest absolute Gasteiger partial charge is 0.322 e. The van der Waals surface area contributed by atoms with E-state index in [1.54, 1.807) is 0 Å². The van der Waals surface area contributed by atoms with Crippen LogP contribution >= 0.6 is 0 Å². The molecule has 0 aliphatic heterocycles. The molecule has 0 aliphatic carbocycles. The van der Waals surface area contributed by atoms with Gasteiger partial charge in [0.05, 0.1) is 18.1 Å². The molecule has 124 valence electrons. The van der Waals surface area contributed by atoms with E-state index in [-0.39, 0.29) is 5.91 Å². The number of anilines is 1. The van der Waals surface area contributed by atoms with Gasteiger partial charge in [-0.3, -0.25) is 4.79 Å². The van der Waals surface area contributed by atoms with E-state index in [2.05, 4.69) is 16.0 Å². The highest BCUT2D eigenvalue weighted by Gasteiger charge is 2.16. The molecule has 0 radical (unpaired) electrons. The molecule has 25 heavy (non-hydrogen) atoms. The molecule has 4 heteroatoms. The second-order valence-electron chi connectivity index (χ2n) is 5.94. The van der Waals surface area contributed by atoms with Gasteiger partial charge in [-0.2, -0.15) is 5.26 Å². The zero-order valence-corrected chi connectivity index (χ0v) is 14.3. The van der Waals surface area contributed by atoms with Crippen molar-refractivity contribution in [2.45, 2.75) is 20.3 Å². The minimum Gasteiger partial charge on any atom is -0.322 e. The molecule has 3 aromatic rings. The highest BCUT2D eigenvalue weighted by molar-refractivity contribution is 6.05. The van der Waals surface area contributed by atoms with Crippen LogP contribution in [0.3, 0.4) is 0 Å². The van der Waals surface area contributed by atoms with E-state index in [0.29, 0.717) is 12.0 Å². The summed E-state index contributed by atoms with van der Waals surface area (Å²) in [6.07, 6.45) is 0.368. The number of nitriles is 1. The minimum atomic E-state index is -0.136. The molecule has 1 heterocycles. The molecular weight excluding hydrogens is 310 g/mol. The fourth-order valence-electron chi connectivity index (χ4n) is 2.96. The lowest BCUT2D eigenvalue weighted by Crippen LogP contribution is -2.13.